The largest absolute Gasteiger partial charge is 0.322 e. The molecular weight excluding hydrogens is 336 g/mol. The van der Waals surface area contributed by atoms with Crippen LogP contribution in [0.4, 0.5) is 11.4 Å². The highest BCUT2D eigenvalue weighted by atomic mass is 16.6. The van der Waals surface area contributed by atoms with Crippen LogP contribution in [0.25, 0.3) is 11.8 Å². The molecule has 0 fully saturated rings. The van der Waals surface area contributed by atoms with Crippen molar-refractivity contribution < 1.29 is 9.72 Å². The van der Waals surface area contributed by atoms with Gasteiger partial charge in [-0.2, -0.15) is 0 Å². The molecule has 1 amide bonds. The monoisotopic (exact) mass is 350 g/mol. The van der Waals surface area contributed by atoms with E-state index in [1.807, 2.05) is 13.0 Å². The molecule has 0 aliphatic rings. The van der Waals surface area contributed by atoms with Crippen molar-refractivity contribution in [2.24, 2.45) is 0 Å². The Kier molecular flexibility index (Phi) is 4.79. The van der Waals surface area contributed by atoms with E-state index in [0.29, 0.717) is 11.3 Å². The molecule has 9 nitrogen and oxygen atoms in total. The van der Waals surface area contributed by atoms with E-state index >= 15 is 0 Å². The van der Waals surface area contributed by atoms with Gasteiger partial charge in [-0.05, 0) is 46.7 Å². The zero-order chi connectivity index (χ0) is 18.5. The Hall–Kier alpha value is -3.88. The number of nitro groups is 1. The SMILES string of the molecule is Cc1ccc(NC(=O)C=Cc2cccc([N+](=O)[O-])c2)cc1-n1cnnn1. The molecule has 9 heteroatoms. The van der Waals surface area contributed by atoms with E-state index < -0.39 is 4.92 Å². The van der Waals surface area contributed by atoms with E-state index in [2.05, 4.69) is 20.8 Å². The van der Waals surface area contributed by atoms with Crippen molar-refractivity contribution in [1.29, 1.82) is 0 Å². The lowest BCUT2D eigenvalue weighted by atomic mass is 10.1. The second-order valence-corrected chi connectivity index (χ2v) is 5.43. The first kappa shape index (κ1) is 17.0. The lowest BCUT2D eigenvalue weighted by Crippen LogP contribution is -2.09. The van der Waals surface area contributed by atoms with Gasteiger partial charge in [-0.15, -0.1) is 5.10 Å². The molecule has 130 valence electrons. The first-order valence-corrected chi connectivity index (χ1v) is 7.60. The maximum Gasteiger partial charge on any atom is 0.270 e. The van der Waals surface area contributed by atoms with E-state index in [4.69, 9.17) is 0 Å². The zero-order valence-corrected chi connectivity index (χ0v) is 13.7. The maximum atomic E-state index is 12.1. The number of carbonyl (C=O) groups is 1. The minimum Gasteiger partial charge on any atom is -0.322 e. The van der Waals surface area contributed by atoms with Crippen molar-refractivity contribution in [2.75, 3.05) is 5.32 Å². The summed E-state index contributed by atoms with van der Waals surface area (Å²) >= 11 is 0. The number of rotatable bonds is 5. The van der Waals surface area contributed by atoms with Gasteiger partial charge in [-0.3, -0.25) is 14.9 Å². The molecule has 0 aliphatic carbocycles. The van der Waals surface area contributed by atoms with Crippen molar-refractivity contribution in [1.82, 2.24) is 20.2 Å². The molecular formula is C17H14N6O3. The van der Waals surface area contributed by atoms with Gasteiger partial charge in [-0.1, -0.05) is 18.2 Å². The predicted molar refractivity (Wildman–Crippen MR) is 94.7 cm³/mol. The average molecular weight is 350 g/mol. The van der Waals surface area contributed by atoms with Crippen LogP contribution in [0.2, 0.25) is 0 Å². The van der Waals surface area contributed by atoms with Gasteiger partial charge >= 0.3 is 0 Å². The van der Waals surface area contributed by atoms with Gasteiger partial charge < -0.3 is 5.32 Å². The van der Waals surface area contributed by atoms with Gasteiger partial charge in [-0.25, -0.2) is 4.68 Å². The fourth-order valence-electron chi connectivity index (χ4n) is 2.30. The summed E-state index contributed by atoms with van der Waals surface area (Å²) in [5, 5.41) is 24.6. The molecule has 1 aromatic heterocycles. The predicted octanol–water partition coefficient (Wildman–Crippen LogP) is 2.53. The number of tetrazole rings is 1. The number of hydrogen-bond acceptors (Lipinski definition) is 6. The average Bonchev–Trinajstić information content (AvgIpc) is 3.16. The smallest absolute Gasteiger partial charge is 0.270 e. The Morgan fingerprint density at radius 1 is 1.27 bits per heavy atom. The van der Waals surface area contributed by atoms with Crippen molar-refractivity contribution >= 4 is 23.4 Å². The van der Waals surface area contributed by atoms with Crippen LogP contribution >= 0.6 is 0 Å². The first-order valence-electron chi connectivity index (χ1n) is 7.60. The van der Waals surface area contributed by atoms with Crippen LogP contribution in [-0.4, -0.2) is 31.0 Å². The number of benzene rings is 2. The van der Waals surface area contributed by atoms with Gasteiger partial charge in [0.05, 0.1) is 10.6 Å². The van der Waals surface area contributed by atoms with Crippen molar-refractivity contribution in [3.8, 4) is 5.69 Å². The standard InChI is InChI=1S/C17H14N6O3/c1-12-5-7-14(10-16(12)22-11-18-20-21-22)19-17(24)8-6-13-3-2-4-15(9-13)23(25)26/h2-11H,1H3,(H,19,24). The zero-order valence-electron chi connectivity index (χ0n) is 13.7. The van der Waals surface area contributed by atoms with E-state index in [-0.39, 0.29) is 11.6 Å². The van der Waals surface area contributed by atoms with Crippen molar-refractivity contribution in [2.45, 2.75) is 6.92 Å². The summed E-state index contributed by atoms with van der Waals surface area (Å²) < 4.78 is 1.50. The summed E-state index contributed by atoms with van der Waals surface area (Å²) in [5.74, 6) is -0.358. The highest BCUT2D eigenvalue weighted by molar-refractivity contribution is 6.02. The Morgan fingerprint density at radius 2 is 2.12 bits per heavy atom. The summed E-state index contributed by atoms with van der Waals surface area (Å²) in [6.45, 7) is 1.91. The van der Waals surface area contributed by atoms with Crippen LogP contribution in [0, 0.1) is 17.0 Å². The maximum absolute atomic E-state index is 12.1. The third-order valence-corrected chi connectivity index (χ3v) is 3.58. The highest BCUT2D eigenvalue weighted by Crippen LogP contribution is 2.18. The fraction of sp³-hybridized carbons (Fsp3) is 0.0588. The number of nitrogens with one attached hydrogen (secondary N) is 1. The molecule has 1 heterocycles. The van der Waals surface area contributed by atoms with Gasteiger partial charge in [0.15, 0.2) is 0 Å². The number of carbonyl (C=O) groups excluding carboxylic acids is 1. The normalized spacial score (nSPS) is 10.8. The summed E-state index contributed by atoms with van der Waals surface area (Å²) in [6.07, 6.45) is 4.30. The van der Waals surface area contributed by atoms with Crippen LogP contribution in [-0.2, 0) is 4.79 Å². The summed E-state index contributed by atoms with van der Waals surface area (Å²) in [6, 6.07) is 11.4. The molecule has 0 radical (unpaired) electrons. The topological polar surface area (TPSA) is 116 Å². The number of non-ortho nitro benzene ring substituents is 1. The Bertz CT molecular complexity index is 982. The Balaban J connectivity index is 1.73. The quantitative estimate of drug-likeness (QED) is 0.429. The van der Waals surface area contributed by atoms with Gasteiger partial charge in [0.2, 0.25) is 5.91 Å². The number of anilines is 1. The lowest BCUT2D eigenvalue weighted by Gasteiger charge is -2.08. The first-order chi connectivity index (χ1) is 12.5. The van der Waals surface area contributed by atoms with Crippen LogP contribution in [0.1, 0.15) is 11.1 Å². The number of nitrogens with zero attached hydrogens (tertiary/aromatic N) is 5. The molecule has 0 saturated carbocycles. The van der Waals surface area contributed by atoms with E-state index in [0.717, 1.165) is 11.3 Å². The summed E-state index contributed by atoms with van der Waals surface area (Å²) in [4.78, 5) is 22.4. The Labute approximate surface area is 148 Å². The summed E-state index contributed by atoms with van der Waals surface area (Å²) in [5.41, 5.74) is 2.80. The van der Waals surface area contributed by atoms with Crippen molar-refractivity contribution in [3.05, 3.63) is 76.1 Å². The van der Waals surface area contributed by atoms with Crippen LogP contribution in [0.5, 0.6) is 0 Å². The molecule has 26 heavy (non-hydrogen) atoms. The van der Waals surface area contributed by atoms with E-state index in [1.165, 1.54) is 35.3 Å². The lowest BCUT2D eigenvalue weighted by molar-refractivity contribution is -0.384. The number of aromatic nitrogens is 4. The van der Waals surface area contributed by atoms with Crippen LogP contribution in [0.15, 0.2) is 54.9 Å². The Morgan fingerprint density at radius 3 is 2.85 bits per heavy atom. The molecule has 0 bridgehead atoms. The fourth-order valence-corrected chi connectivity index (χ4v) is 2.30. The number of amides is 1. The van der Waals surface area contributed by atoms with Crippen LogP contribution < -0.4 is 5.32 Å². The second-order valence-electron chi connectivity index (χ2n) is 5.43. The third kappa shape index (κ3) is 3.96. The molecule has 0 saturated heterocycles. The number of hydrogen-bond donors (Lipinski definition) is 1. The minimum atomic E-state index is -0.482. The van der Waals surface area contributed by atoms with Gasteiger partial charge in [0.1, 0.15) is 6.33 Å². The molecule has 1 N–H and O–H groups in total. The third-order valence-electron chi connectivity index (χ3n) is 3.58. The number of nitro benzene ring substituents is 1. The van der Waals surface area contributed by atoms with Gasteiger partial charge in [0, 0.05) is 23.9 Å². The number of aryl methyl sites for hydroxylation is 1. The van der Waals surface area contributed by atoms with E-state index in [1.54, 1.807) is 24.3 Å². The molecule has 0 unspecified atom stereocenters. The van der Waals surface area contributed by atoms with E-state index in [9.17, 15) is 14.9 Å². The highest BCUT2D eigenvalue weighted by Gasteiger charge is 2.07. The molecule has 2 aromatic carbocycles. The van der Waals surface area contributed by atoms with Crippen LogP contribution in [0.3, 0.4) is 0 Å². The molecule has 0 aliphatic heterocycles. The molecule has 3 rings (SSSR count). The molecule has 3 aromatic rings. The second kappa shape index (κ2) is 7.34. The minimum absolute atomic E-state index is 0.0304. The summed E-state index contributed by atoms with van der Waals surface area (Å²) in [7, 11) is 0. The molecule has 0 spiro atoms. The molecule has 0 atom stereocenters. The van der Waals surface area contributed by atoms with Crippen molar-refractivity contribution in [3.63, 3.8) is 0 Å². The van der Waals surface area contributed by atoms with Gasteiger partial charge in [0.25, 0.3) is 5.69 Å².